The van der Waals surface area contributed by atoms with Crippen molar-refractivity contribution in [1.29, 1.82) is 0 Å². The van der Waals surface area contributed by atoms with E-state index in [-0.39, 0.29) is 5.56 Å². The Balaban J connectivity index is 1.18. The molecule has 1 aromatic heterocycles. The summed E-state index contributed by atoms with van der Waals surface area (Å²) in [7, 11) is 0. The van der Waals surface area contributed by atoms with Crippen molar-refractivity contribution in [2.45, 2.75) is 43.9 Å². The van der Waals surface area contributed by atoms with E-state index in [0.29, 0.717) is 16.9 Å². The van der Waals surface area contributed by atoms with E-state index >= 15 is 0 Å². The molecule has 4 aliphatic carbocycles. The lowest BCUT2D eigenvalue weighted by Crippen LogP contribution is -2.48. The summed E-state index contributed by atoms with van der Waals surface area (Å²) in [6.07, 6.45) is 10.2. The largest absolute Gasteiger partial charge is 0.478 e. The Hall–Kier alpha value is -3.14. The summed E-state index contributed by atoms with van der Waals surface area (Å²) in [4.78, 5) is 15.8. The van der Waals surface area contributed by atoms with Gasteiger partial charge in [0.1, 0.15) is 11.5 Å². The van der Waals surface area contributed by atoms with Crippen molar-refractivity contribution in [3.8, 4) is 11.3 Å². The minimum absolute atomic E-state index is 0.244. The number of rotatable bonds is 5. The number of benzene rings is 2. The van der Waals surface area contributed by atoms with Gasteiger partial charge in [0.25, 0.3) is 0 Å². The first-order chi connectivity index (χ1) is 15.6. The molecule has 7 rings (SSSR count). The molecule has 4 fully saturated rings. The van der Waals surface area contributed by atoms with Crippen LogP contribution in [0.25, 0.3) is 11.3 Å². The number of hydrogen-bond acceptors (Lipinski definition) is 3. The van der Waals surface area contributed by atoms with Crippen molar-refractivity contribution in [3.05, 3.63) is 77.6 Å². The molecule has 32 heavy (non-hydrogen) atoms. The van der Waals surface area contributed by atoms with Gasteiger partial charge in [-0.1, -0.05) is 24.3 Å². The number of carbonyl (C=O) groups is 1. The monoisotopic (exact) mass is 425 g/mol. The van der Waals surface area contributed by atoms with Gasteiger partial charge in [-0.3, -0.25) is 4.99 Å². The van der Waals surface area contributed by atoms with Crippen LogP contribution in [-0.4, -0.2) is 17.3 Å². The van der Waals surface area contributed by atoms with Crippen molar-refractivity contribution < 1.29 is 14.3 Å². The van der Waals surface area contributed by atoms with Crippen molar-refractivity contribution >= 4 is 17.9 Å². The highest BCUT2D eigenvalue weighted by Crippen LogP contribution is 2.60. The molecule has 3 aromatic rings. The molecule has 4 nitrogen and oxygen atoms in total. The summed E-state index contributed by atoms with van der Waals surface area (Å²) in [5, 5.41) is 9.19. The molecule has 0 saturated heterocycles. The molecular weight excluding hydrogens is 398 g/mol. The topological polar surface area (TPSA) is 62.8 Å². The zero-order valence-electron chi connectivity index (χ0n) is 18.0. The lowest BCUT2D eigenvalue weighted by atomic mass is 9.48. The molecule has 0 spiro atoms. The maximum absolute atomic E-state index is 11.2. The number of nitrogens with zero attached hydrogens (tertiary/aromatic N) is 1. The second-order valence-electron chi connectivity index (χ2n) is 10.1. The average Bonchev–Trinajstić information content (AvgIpc) is 3.26. The SMILES string of the molecule is O=C(O)c1cccc(-c2ccc(C=Nc3ccc(C45CC6CC(CC(C6)C4)C5)cc3)o2)c1. The van der Waals surface area contributed by atoms with Crippen molar-refractivity contribution in [2.24, 2.45) is 22.7 Å². The van der Waals surface area contributed by atoms with Gasteiger partial charge in [-0.15, -0.1) is 0 Å². The average molecular weight is 426 g/mol. The van der Waals surface area contributed by atoms with E-state index in [9.17, 15) is 9.90 Å². The normalized spacial score (nSPS) is 28.4. The number of aromatic carboxylic acids is 1. The third-order valence-electron chi connectivity index (χ3n) is 7.88. The number of furan rings is 1. The number of carboxylic acid groups (broad SMARTS) is 1. The fraction of sp³-hybridized carbons (Fsp3) is 0.357. The van der Waals surface area contributed by atoms with Crippen LogP contribution in [0, 0.1) is 17.8 Å². The molecule has 2 aromatic carbocycles. The third kappa shape index (κ3) is 3.48. The lowest BCUT2D eigenvalue weighted by Gasteiger charge is -2.57. The van der Waals surface area contributed by atoms with Gasteiger partial charge in [0.05, 0.1) is 17.5 Å². The summed E-state index contributed by atoms with van der Waals surface area (Å²) in [5.74, 6) is 3.17. The van der Waals surface area contributed by atoms with Crippen LogP contribution >= 0.6 is 0 Å². The second-order valence-corrected chi connectivity index (χ2v) is 10.1. The molecule has 0 aliphatic heterocycles. The van der Waals surface area contributed by atoms with Gasteiger partial charge >= 0.3 is 5.97 Å². The van der Waals surface area contributed by atoms with Gasteiger partial charge in [-0.2, -0.15) is 0 Å². The molecule has 0 unspecified atom stereocenters. The second kappa shape index (κ2) is 7.47. The molecule has 1 heterocycles. The van der Waals surface area contributed by atoms with E-state index in [1.165, 1.54) is 44.1 Å². The fourth-order valence-corrected chi connectivity index (χ4v) is 6.89. The van der Waals surface area contributed by atoms with Gasteiger partial charge in [0.2, 0.25) is 0 Å². The first-order valence-electron chi connectivity index (χ1n) is 11.6. The highest BCUT2D eigenvalue weighted by atomic mass is 16.4. The van der Waals surface area contributed by atoms with E-state index < -0.39 is 5.97 Å². The Morgan fingerprint density at radius 1 is 0.938 bits per heavy atom. The zero-order valence-corrected chi connectivity index (χ0v) is 18.0. The Morgan fingerprint density at radius 3 is 2.28 bits per heavy atom. The standard InChI is InChI=1S/C28H27NO3/c30-27(31)22-3-1-2-21(13-22)26-9-8-25(32-26)17-29-24-6-4-23(5-7-24)28-14-18-10-19(15-28)12-20(11-18)16-28/h1-9,13,17-20H,10-12,14-16H2,(H,30,31). The summed E-state index contributed by atoms with van der Waals surface area (Å²) < 4.78 is 5.87. The number of aliphatic imine (C=N–C) groups is 1. The Morgan fingerprint density at radius 2 is 1.62 bits per heavy atom. The summed E-state index contributed by atoms with van der Waals surface area (Å²) >= 11 is 0. The van der Waals surface area contributed by atoms with Gasteiger partial charge in [0.15, 0.2) is 0 Å². The molecule has 4 bridgehead atoms. The molecule has 0 radical (unpaired) electrons. The number of carboxylic acids is 1. The van der Waals surface area contributed by atoms with Crippen LogP contribution in [0.15, 0.2) is 70.1 Å². The minimum Gasteiger partial charge on any atom is -0.478 e. The lowest BCUT2D eigenvalue weighted by molar-refractivity contribution is -0.00518. The number of hydrogen-bond donors (Lipinski definition) is 1. The summed E-state index contributed by atoms with van der Waals surface area (Å²) in [6, 6.07) is 19.3. The highest BCUT2D eigenvalue weighted by molar-refractivity contribution is 5.89. The van der Waals surface area contributed by atoms with Gasteiger partial charge in [-0.05, 0) is 104 Å². The Labute approximate surface area is 188 Å². The molecule has 4 aliphatic rings. The molecule has 4 heteroatoms. The third-order valence-corrected chi connectivity index (χ3v) is 7.88. The molecule has 162 valence electrons. The molecular formula is C28H27NO3. The fourth-order valence-electron chi connectivity index (χ4n) is 6.89. The van der Waals surface area contributed by atoms with Crippen LogP contribution in [0.5, 0.6) is 0 Å². The molecule has 4 saturated carbocycles. The molecule has 0 amide bonds. The van der Waals surface area contributed by atoms with Crippen LogP contribution in [-0.2, 0) is 5.41 Å². The van der Waals surface area contributed by atoms with Crippen LogP contribution in [0.1, 0.15) is 60.2 Å². The quantitative estimate of drug-likeness (QED) is 0.454. The van der Waals surface area contributed by atoms with E-state index in [4.69, 9.17) is 4.42 Å². The van der Waals surface area contributed by atoms with Crippen LogP contribution in [0.3, 0.4) is 0 Å². The summed E-state index contributed by atoms with van der Waals surface area (Å²) in [6.45, 7) is 0. The maximum atomic E-state index is 11.2. The van der Waals surface area contributed by atoms with Crippen molar-refractivity contribution in [2.75, 3.05) is 0 Å². The van der Waals surface area contributed by atoms with E-state index in [1.807, 2.05) is 18.2 Å². The van der Waals surface area contributed by atoms with Crippen molar-refractivity contribution in [3.63, 3.8) is 0 Å². The van der Waals surface area contributed by atoms with Gasteiger partial charge in [-0.25, -0.2) is 4.79 Å². The van der Waals surface area contributed by atoms with E-state index in [1.54, 1.807) is 24.4 Å². The maximum Gasteiger partial charge on any atom is 0.335 e. The zero-order chi connectivity index (χ0) is 21.7. The minimum atomic E-state index is -0.947. The Bertz CT molecular complexity index is 1150. The predicted octanol–water partition coefficient (Wildman–Crippen LogP) is 6.86. The van der Waals surface area contributed by atoms with Crippen LogP contribution < -0.4 is 0 Å². The van der Waals surface area contributed by atoms with Crippen LogP contribution in [0.4, 0.5) is 5.69 Å². The first-order valence-corrected chi connectivity index (χ1v) is 11.6. The molecule has 0 atom stereocenters. The van der Waals surface area contributed by atoms with Gasteiger partial charge < -0.3 is 9.52 Å². The van der Waals surface area contributed by atoms with Crippen molar-refractivity contribution in [1.82, 2.24) is 0 Å². The van der Waals surface area contributed by atoms with Gasteiger partial charge in [0, 0.05) is 5.56 Å². The van der Waals surface area contributed by atoms with E-state index in [0.717, 1.165) is 29.0 Å². The molecule has 1 N–H and O–H groups in total. The van der Waals surface area contributed by atoms with Crippen LogP contribution in [0.2, 0.25) is 0 Å². The smallest absolute Gasteiger partial charge is 0.335 e. The Kier molecular flexibility index (Phi) is 4.56. The predicted molar refractivity (Wildman–Crippen MR) is 125 cm³/mol. The van der Waals surface area contributed by atoms with E-state index in [2.05, 4.69) is 29.3 Å². The summed E-state index contributed by atoms with van der Waals surface area (Å²) in [5.41, 5.74) is 3.83. The highest BCUT2D eigenvalue weighted by Gasteiger charge is 2.51. The first kappa shape index (κ1) is 19.5.